The molecule has 0 saturated carbocycles. The number of benzene rings is 2. The molecule has 30 heavy (non-hydrogen) atoms. The van der Waals surface area contributed by atoms with E-state index in [0.717, 1.165) is 33.3 Å². The summed E-state index contributed by atoms with van der Waals surface area (Å²) in [7, 11) is 0. The predicted octanol–water partition coefficient (Wildman–Crippen LogP) is 1.95. The van der Waals surface area contributed by atoms with E-state index in [-0.39, 0.29) is 12.3 Å². The van der Waals surface area contributed by atoms with Crippen LogP contribution in [0.25, 0.3) is 11.1 Å². The minimum absolute atomic E-state index is 0.0630. The lowest BCUT2D eigenvalue weighted by Gasteiger charge is -2.24. The van der Waals surface area contributed by atoms with Crippen LogP contribution in [0, 0.1) is 6.92 Å². The summed E-state index contributed by atoms with van der Waals surface area (Å²) in [4.78, 5) is 23.6. The Balaban J connectivity index is 1.82. The molecule has 0 aliphatic rings. The summed E-state index contributed by atoms with van der Waals surface area (Å²) in [6.07, 6.45) is -1.70. The van der Waals surface area contributed by atoms with Gasteiger partial charge < -0.3 is 19.8 Å². The smallest absolute Gasteiger partial charge is 0.333 e. The third kappa shape index (κ3) is 5.02. The molecule has 0 saturated heterocycles. The molecule has 3 rings (SSSR count). The molecule has 9 heteroatoms. The fourth-order valence-electron chi connectivity index (χ4n) is 2.84. The second-order valence-corrected chi connectivity index (χ2v) is 6.66. The summed E-state index contributed by atoms with van der Waals surface area (Å²) in [6.45, 7) is 1.56. The van der Waals surface area contributed by atoms with Crippen LogP contribution >= 0.6 is 0 Å². The van der Waals surface area contributed by atoms with Crippen LogP contribution in [0.4, 0.5) is 0 Å². The van der Waals surface area contributed by atoms with Crippen molar-refractivity contribution in [2.24, 2.45) is 0 Å². The Morgan fingerprint density at radius 2 is 1.87 bits per heavy atom. The number of amides is 1. The maximum atomic E-state index is 12.7. The molecule has 0 spiro atoms. The summed E-state index contributed by atoms with van der Waals surface area (Å²) >= 11 is 0. The lowest BCUT2D eigenvalue weighted by molar-refractivity contribution is -0.146. The molecule has 2 aromatic carbocycles. The third-order valence-electron chi connectivity index (χ3n) is 4.49. The van der Waals surface area contributed by atoms with E-state index in [1.165, 1.54) is 0 Å². The normalized spacial score (nSPS) is 11.8. The highest BCUT2D eigenvalue weighted by atomic mass is 16.5. The lowest BCUT2D eigenvalue weighted by Crippen LogP contribution is -2.47. The zero-order valence-electron chi connectivity index (χ0n) is 16.1. The van der Waals surface area contributed by atoms with E-state index in [0.29, 0.717) is 0 Å². The molecule has 1 atom stereocenters. The van der Waals surface area contributed by atoms with Gasteiger partial charge in [-0.1, -0.05) is 48.5 Å². The van der Waals surface area contributed by atoms with Crippen molar-refractivity contribution in [3.05, 3.63) is 71.5 Å². The van der Waals surface area contributed by atoms with E-state index in [9.17, 15) is 19.8 Å². The van der Waals surface area contributed by atoms with E-state index in [4.69, 9.17) is 9.63 Å². The number of nitrogens with one attached hydrogen (secondary N) is 1. The minimum Gasteiger partial charge on any atom is -0.491 e. The molecule has 3 aromatic rings. The SMILES string of the molecule is Cc1cc(-c2ccccc2)ccc1CN(NCC(O)C(=O)O)C(=O)c1cc(O)no1. The number of carboxylic acid groups (broad SMARTS) is 1. The summed E-state index contributed by atoms with van der Waals surface area (Å²) in [5.41, 5.74) is 6.39. The molecule has 156 valence electrons. The average Bonchev–Trinajstić information content (AvgIpc) is 3.18. The van der Waals surface area contributed by atoms with Gasteiger partial charge in [0.25, 0.3) is 5.88 Å². The molecule has 0 bridgehead atoms. The standard InChI is InChI=1S/C21H21N3O6/c1-13-9-15(14-5-3-2-4-6-14)7-8-16(13)12-24(22-11-17(25)21(28)29)20(27)18-10-19(26)23-30-18/h2-10,17,22,25H,11-12H2,1H3,(H,23,26)(H,28,29). The molecule has 4 N–H and O–H groups in total. The monoisotopic (exact) mass is 411 g/mol. The summed E-state index contributed by atoms with van der Waals surface area (Å²) in [5, 5.41) is 32.1. The number of aromatic hydroxyl groups is 1. The second-order valence-electron chi connectivity index (χ2n) is 6.66. The highest BCUT2D eigenvalue weighted by molar-refractivity contribution is 5.91. The number of hydrazine groups is 1. The van der Waals surface area contributed by atoms with Crippen molar-refractivity contribution in [1.29, 1.82) is 0 Å². The number of carbonyl (C=O) groups excluding carboxylic acids is 1. The number of aryl methyl sites for hydroxylation is 1. The van der Waals surface area contributed by atoms with Crippen molar-refractivity contribution in [2.75, 3.05) is 6.54 Å². The van der Waals surface area contributed by atoms with E-state index in [1.807, 2.05) is 55.5 Å². The van der Waals surface area contributed by atoms with Crippen molar-refractivity contribution >= 4 is 11.9 Å². The minimum atomic E-state index is -1.70. The molecule has 1 aromatic heterocycles. The molecule has 9 nitrogen and oxygen atoms in total. The Morgan fingerprint density at radius 1 is 1.13 bits per heavy atom. The lowest BCUT2D eigenvalue weighted by atomic mass is 10.00. The Kier molecular flexibility index (Phi) is 6.45. The van der Waals surface area contributed by atoms with Gasteiger partial charge in [-0.3, -0.25) is 9.80 Å². The van der Waals surface area contributed by atoms with Crippen molar-refractivity contribution in [2.45, 2.75) is 19.6 Å². The van der Waals surface area contributed by atoms with Gasteiger partial charge in [-0.2, -0.15) is 0 Å². The zero-order chi connectivity index (χ0) is 21.7. The molecular formula is C21H21N3O6. The molecule has 0 aliphatic carbocycles. The molecule has 0 radical (unpaired) electrons. The third-order valence-corrected chi connectivity index (χ3v) is 4.49. The van der Waals surface area contributed by atoms with Crippen molar-refractivity contribution < 1.29 is 29.4 Å². The van der Waals surface area contributed by atoms with Gasteiger partial charge in [-0.15, -0.1) is 0 Å². The summed E-state index contributed by atoms with van der Waals surface area (Å²) in [5.74, 6) is -2.78. The van der Waals surface area contributed by atoms with E-state index >= 15 is 0 Å². The quantitative estimate of drug-likeness (QED) is 0.413. The largest absolute Gasteiger partial charge is 0.491 e. The number of nitrogens with zero attached hydrogens (tertiary/aromatic N) is 2. The number of hydrogen-bond donors (Lipinski definition) is 4. The number of hydrogen-bond acceptors (Lipinski definition) is 7. The van der Waals surface area contributed by atoms with Crippen LogP contribution in [0.3, 0.4) is 0 Å². The van der Waals surface area contributed by atoms with Gasteiger partial charge in [-0.25, -0.2) is 10.2 Å². The number of carbonyl (C=O) groups is 2. The van der Waals surface area contributed by atoms with Crippen LogP contribution in [-0.2, 0) is 11.3 Å². The number of aliphatic hydroxyl groups is 1. The first-order valence-electron chi connectivity index (χ1n) is 9.12. The Labute approximate surface area is 172 Å². The van der Waals surface area contributed by atoms with Crippen molar-refractivity contribution in [1.82, 2.24) is 15.6 Å². The highest BCUT2D eigenvalue weighted by Gasteiger charge is 2.23. The molecule has 1 amide bonds. The van der Waals surface area contributed by atoms with Gasteiger partial charge in [0, 0.05) is 0 Å². The highest BCUT2D eigenvalue weighted by Crippen LogP contribution is 2.23. The molecule has 0 aliphatic heterocycles. The van der Waals surface area contributed by atoms with Crippen LogP contribution in [0.2, 0.25) is 0 Å². The van der Waals surface area contributed by atoms with Gasteiger partial charge >= 0.3 is 11.9 Å². The first-order chi connectivity index (χ1) is 14.3. The molecule has 1 unspecified atom stereocenters. The van der Waals surface area contributed by atoms with Gasteiger partial charge in [0.2, 0.25) is 5.76 Å². The van der Waals surface area contributed by atoms with E-state index in [1.54, 1.807) is 0 Å². The Morgan fingerprint density at radius 3 is 2.47 bits per heavy atom. The van der Waals surface area contributed by atoms with Gasteiger partial charge in [0.1, 0.15) is 0 Å². The summed E-state index contributed by atoms with van der Waals surface area (Å²) in [6, 6.07) is 16.7. The zero-order valence-corrected chi connectivity index (χ0v) is 16.1. The van der Waals surface area contributed by atoms with Crippen LogP contribution < -0.4 is 5.43 Å². The van der Waals surface area contributed by atoms with E-state index < -0.39 is 30.4 Å². The second kappa shape index (κ2) is 9.21. The van der Waals surface area contributed by atoms with Gasteiger partial charge in [0.15, 0.2) is 6.10 Å². The topological polar surface area (TPSA) is 136 Å². The van der Waals surface area contributed by atoms with Crippen molar-refractivity contribution in [3.63, 3.8) is 0 Å². The number of aliphatic carboxylic acids is 1. The van der Waals surface area contributed by atoms with E-state index in [2.05, 4.69) is 10.6 Å². The van der Waals surface area contributed by atoms with Crippen LogP contribution in [0.1, 0.15) is 21.7 Å². The van der Waals surface area contributed by atoms with Gasteiger partial charge in [-0.05, 0) is 34.3 Å². The van der Waals surface area contributed by atoms with Crippen LogP contribution in [0.5, 0.6) is 5.88 Å². The number of aliphatic hydroxyl groups excluding tert-OH is 1. The fraction of sp³-hybridized carbons (Fsp3) is 0.190. The summed E-state index contributed by atoms with van der Waals surface area (Å²) < 4.78 is 4.80. The Bertz CT molecular complexity index is 1030. The molecule has 0 fully saturated rings. The maximum Gasteiger partial charge on any atom is 0.333 e. The number of carboxylic acids is 1. The molecular weight excluding hydrogens is 390 g/mol. The maximum absolute atomic E-state index is 12.7. The molecule has 1 heterocycles. The first-order valence-corrected chi connectivity index (χ1v) is 9.12. The van der Waals surface area contributed by atoms with Gasteiger partial charge in [0.05, 0.1) is 19.2 Å². The fourth-order valence-corrected chi connectivity index (χ4v) is 2.84. The van der Waals surface area contributed by atoms with Crippen LogP contribution in [0.15, 0.2) is 59.1 Å². The number of rotatable bonds is 8. The first kappa shape index (κ1) is 21.0. The van der Waals surface area contributed by atoms with Crippen LogP contribution in [-0.4, -0.2) is 50.0 Å². The average molecular weight is 411 g/mol. The number of aromatic nitrogens is 1. The predicted molar refractivity (Wildman–Crippen MR) is 106 cm³/mol. The van der Waals surface area contributed by atoms with Crippen molar-refractivity contribution in [3.8, 4) is 17.0 Å². The Hall–Kier alpha value is -3.69.